The summed E-state index contributed by atoms with van der Waals surface area (Å²) >= 11 is 7.42. The van der Waals surface area contributed by atoms with Crippen molar-refractivity contribution in [3.8, 4) is 0 Å². The second-order valence-corrected chi connectivity index (χ2v) is 10.1. The van der Waals surface area contributed by atoms with Gasteiger partial charge in [0.25, 0.3) is 5.91 Å². The third kappa shape index (κ3) is 6.93. The number of hydrogen-bond donors (Lipinski definition) is 2. The van der Waals surface area contributed by atoms with Gasteiger partial charge in [-0.25, -0.2) is 0 Å². The third-order valence-corrected chi connectivity index (χ3v) is 7.21. The molecule has 3 aromatic carbocycles. The second kappa shape index (κ2) is 12.7. The minimum absolute atomic E-state index is 0.0339. The zero-order valence-electron chi connectivity index (χ0n) is 20.3. The molecule has 0 aliphatic carbocycles. The Morgan fingerprint density at radius 2 is 1.72 bits per heavy atom. The van der Waals surface area contributed by atoms with Gasteiger partial charge in [0, 0.05) is 51.4 Å². The first-order chi connectivity index (χ1) is 17.5. The number of hydrogen-bond acceptors (Lipinski definition) is 3. The van der Waals surface area contributed by atoms with Gasteiger partial charge < -0.3 is 15.2 Å². The number of halogens is 1. The molecule has 0 aliphatic heterocycles. The van der Waals surface area contributed by atoms with Crippen LogP contribution in [0.5, 0.6) is 0 Å². The largest absolute Gasteiger partial charge is 0.350 e. The van der Waals surface area contributed by atoms with E-state index in [4.69, 9.17) is 11.6 Å². The van der Waals surface area contributed by atoms with Gasteiger partial charge in [0.05, 0.1) is 5.75 Å². The average molecular weight is 520 g/mol. The van der Waals surface area contributed by atoms with Crippen LogP contribution in [0.4, 0.5) is 5.69 Å². The van der Waals surface area contributed by atoms with Crippen LogP contribution in [0.15, 0.2) is 83.9 Å². The standard InChI is InChI=1S/C29H30ClN3O2S/c1-2-3-6-21-9-15-24(16-10-21)32-28(34)20-36-27-19-33(26-8-5-4-7-25(26)27)18-17-31-29(35)22-11-13-23(30)14-12-22/h4-5,7-16,19H,2-3,6,17-18,20H2,1H3,(H,31,35)(H,32,34). The zero-order chi connectivity index (χ0) is 25.3. The molecule has 0 saturated carbocycles. The number of aryl methyl sites for hydroxylation is 1. The van der Waals surface area contributed by atoms with Gasteiger partial charge in [-0.15, -0.1) is 11.8 Å². The van der Waals surface area contributed by atoms with E-state index in [0.29, 0.717) is 29.4 Å². The quantitative estimate of drug-likeness (QED) is 0.214. The van der Waals surface area contributed by atoms with Crippen LogP contribution in [0, 0.1) is 0 Å². The molecule has 0 atom stereocenters. The normalized spacial score (nSPS) is 10.9. The number of carbonyl (C=O) groups excluding carboxylic acids is 2. The molecular weight excluding hydrogens is 490 g/mol. The number of nitrogens with one attached hydrogen (secondary N) is 2. The van der Waals surface area contributed by atoms with Gasteiger partial charge in [0.2, 0.25) is 5.91 Å². The van der Waals surface area contributed by atoms with Gasteiger partial charge in [-0.05, 0) is 60.9 Å². The maximum Gasteiger partial charge on any atom is 0.251 e. The highest BCUT2D eigenvalue weighted by Gasteiger charge is 2.12. The summed E-state index contributed by atoms with van der Waals surface area (Å²) in [7, 11) is 0. The molecule has 4 rings (SSSR count). The number of nitrogens with zero attached hydrogens (tertiary/aromatic N) is 1. The lowest BCUT2D eigenvalue weighted by molar-refractivity contribution is -0.113. The van der Waals surface area contributed by atoms with Crippen molar-refractivity contribution in [1.82, 2.24) is 9.88 Å². The van der Waals surface area contributed by atoms with Crippen LogP contribution in [-0.4, -0.2) is 28.7 Å². The molecule has 7 heteroatoms. The van der Waals surface area contributed by atoms with Crippen LogP contribution in [-0.2, 0) is 17.8 Å². The molecule has 0 fully saturated rings. The van der Waals surface area contributed by atoms with Crippen LogP contribution >= 0.6 is 23.4 Å². The van der Waals surface area contributed by atoms with Crippen LogP contribution in [0.3, 0.4) is 0 Å². The van der Waals surface area contributed by atoms with E-state index in [9.17, 15) is 9.59 Å². The van der Waals surface area contributed by atoms with E-state index in [-0.39, 0.29) is 11.8 Å². The Morgan fingerprint density at radius 3 is 2.47 bits per heavy atom. The number of para-hydroxylation sites is 1. The molecule has 0 unspecified atom stereocenters. The Hall–Kier alpha value is -3.22. The molecule has 2 N–H and O–H groups in total. The lowest BCUT2D eigenvalue weighted by Crippen LogP contribution is -2.27. The maximum absolute atomic E-state index is 12.6. The van der Waals surface area contributed by atoms with Crippen molar-refractivity contribution in [3.05, 3.63) is 95.1 Å². The van der Waals surface area contributed by atoms with Crippen molar-refractivity contribution < 1.29 is 9.59 Å². The number of amides is 2. The predicted octanol–water partition coefficient (Wildman–Crippen LogP) is 6.80. The second-order valence-electron chi connectivity index (χ2n) is 8.60. The Balaban J connectivity index is 1.33. The van der Waals surface area contributed by atoms with E-state index in [1.165, 1.54) is 30.2 Å². The van der Waals surface area contributed by atoms with E-state index < -0.39 is 0 Å². The molecule has 0 aliphatic rings. The Kier molecular flexibility index (Phi) is 9.09. The lowest BCUT2D eigenvalue weighted by Gasteiger charge is -2.08. The van der Waals surface area contributed by atoms with Gasteiger partial charge in [-0.2, -0.15) is 0 Å². The molecule has 0 bridgehead atoms. The molecule has 4 aromatic rings. The Bertz CT molecular complexity index is 1320. The fourth-order valence-corrected chi connectivity index (χ4v) is 5.00. The third-order valence-electron chi connectivity index (χ3n) is 5.91. The van der Waals surface area contributed by atoms with Gasteiger partial charge in [0.15, 0.2) is 0 Å². The van der Waals surface area contributed by atoms with E-state index in [1.807, 2.05) is 24.3 Å². The first kappa shape index (κ1) is 25.9. The number of unbranched alkanes of at least 4 members (excludes halogenated alkanes) is 1. The molecule has 1 heterocycles. The molecule has 0 radical (unpaired) electrons. The highest BCUT2D eigenvalue weighted by molar-refractivity contribution is 8.00. The first-order valence-electron chi connectivity index (χ1n) is 12.2. The lowest BCUT2D eigenvalue weighted by atomic mass is 10.1. The minimum atomic E-state index is -0.132. The summed E-state index contributed by atoms with van der Waals surface area (Å²) in [5.41, 5.74) is 3.76. The number of thioether (sulfide) groups is 1. The number of anilines is 1. The van der Waals surface area contributed by atoms with E-state index in [2.05, 4.69) is 52.6 Å². The van der Waals surface area contributed by atoms with Crippen LogP contribution in [0.2, 0.25) is 5.02 Å². The van der Waals surface area contributed by atoms with Gasteiger partial charge in [-0.1, -0.05) is 55.3 Å². The Labute approximate surface area is 221 Å². The smallest absolute Gasteiger partial charge is 0.251 e. The van der Waals surface area contributed by atoms with E-state index >= 15 is 0 Å². The van der Waals surface area contributed by atoms with Gasteiger partial charge in [0.1, 0.15) is 0 Å². The monoisotopic (exact) mass is 519 g/mol. The molecule has 1 aromatic heterocycles. The van der Waals surface area contributed by atoms with Gasteiger partial charge in [-0.3, -0.25) is 9.59 Å². The predicted molar refractivity (Wildman–Crippen MR) is 150 cm³/mol. The number of benzene rings is 3. The minimum Gasteiger partial charge on any atom is -0.350 e. The summed E-state index contributed by atoms with van der Waals surface area (Å²) < 4.78 is 2.12. The van der Waals surface area contributed by atoms with Crippen LogP contribution in [0.1, 0.15) is 35.7 Å². The van der Waals surface area contributed by atoms with Crippen molar-refractivity contribution in [2.24, 2.45) is 0 Å². The van der Waals surface area contributed by atoms with Crippen molar-refractivity contribution in [2.75, 3.05) is 17.6 Å². The zero-order valence-corrected chi connectivity index (χ0v) is 21.9. The molecule has 2 amide bonds. The van der Waals surface area contributed by atoms with E-state index in [0.717, 1.165) is 27.9 Å². The number of fused-ring (bicyclic) bond motifs is 1. The van der Waals surface area contributed by atoms with Crippen molar-refractivity contribution in [3.63, 3.8) is 0 Å². The fourth-order valence-electron chi connectivity index (χ4n) is 3.98. The molecule has 0 saturated heterocycles. The Morgan fingerprint density at radius 1 is 0.972 bits per heavy atom. The summed E-state index contributed by atoms with van der Waals surface area (Å²) in [5, 5.41) is 7.65. The highest BCUT2D eigenvalue weighted by atomic mass is 35.5. The molecule has 186 valence electrons. The highest BCUT2D eigenvalue weighted by Crippen LogP contribution is 2.30. The van der Waals surface area contributed by atoms with Gasteiger partial charge >= 0.3 is 0 Å². The fraction of sp³-hybridized carbons (Fsp3) is 0.241. The molecule has 36 heavy (non-hydrogen) atoms. The average Bonchev–Trinajstić information content (AvgIpc) is 3.25. The summed E-state index contributed by atoms with van der Waals surface area (Å²) in [6.45, 7) is 3.29. The number of carbonyl (C=O) groups is 2. The molecule has 0 spiro atoms. The number of rotatable bonds is 11. The number of aromatic nitrogens is 1. The summed E-state index contributed by atoms with van der Waals surface area (Å²) in [6.07, 6.45) is 5.46. The summed E-state index contributed by atoms with van der Waals surface area (Å²) in [5.74, 6) is 0.153. The maximum atomic E-state index is 12.6. The SMILES string of the molecule is CCCCc1ccc(NC(=O)CSc2cn(CCNC(=O)c3ccc(Cl)cc3)c3ccccc23)cc1. The first-order valence-corrected chi connectivity index (χ1v) is 13.5. The topological polar surface area (TPSA) is 63.1 Å². The molecule has 5 nitrogen and oxygen atoms in total. The van der Waals surface area contributed by atoms with Crippen LogP contribution < -0.4 is 10.6 Å². The van der Waals surface area contributed by atoms with Crippen molar-refractivity contribution in [2.45, 2.75) is 37.6 Å². The van der Waals surface area contributed by atoms with Crippen molar-refractivity contribution >= 4 is 51.8 Å². The summed E-state index contributed by atoms with van der Waals surface area (Å²) in [6, 6.07) is 23.1. The van der Waals surface area contributed by atoms with Crippen molar-refractivity contribution in [1.29, 1.82) is 0 Å². The van der Waals surface area contributed by atoms with E-state index in [1.54, 1.807) is 24.3 Å². The van der Waals surface area contributed by atoms with Crippen LogP contribution in [0.25, 0.3) is 10.9 Å². The summed E-state index contributed by atoms with van der Waals surface area (Å²) in [4.78, 5) is 26.0. The molecular formula is C29H30ClN3O2S.